The predicted molar refractivity (Wildman–Crippen MR) is 111 cm³/mol. The summed E-state index contributed by atoms with van der Waals surface area (Å²) in [4.78, 5) is 0. The summed E-state index contributed by atoms with van der Waals surface area (Å²) < 4.78 is 46.2. The highest BCUT2D eigenvalue weighted by Crippen LogP contribution is 2.44. The van der Waals surface area contributed by atoms with Crippen molar-refractivity contribution in [2.75, 3.05) is 6.61 Å². The fourth-order valence-electron chi connectivity index (χ4n) is 3.70. The van der Waals surface area contributed by atoms with Crippen molar-refractivity contribution in [1.82, 2.24) is 0 Å². The standard InChI is InChI=1S/C21H26O6P2/c1-21(2)14-17(16-24-28(22)25-18-9-5-3-6-10-18)13-20(15-21)27-29(23)26-19-11-7-4-8-12-19/h3-12,17,20H,13-16H2,1-2H3/q+2. The number of hydrogen-bond acceptors (Lipinski definition) is 6. The van der Waals surface area contributed by atoms with Gasteiger partial charge in [0.25, 0.3) is 0 Å². The third-order valence-corrected chi connectivity index (χ3v) is 6.26. The maximum Gasteiger partial charge on any atom is 0.750 e. The van der Waals surface area contributed by atoms with Crippen molar-refractivity contribution in [3.63, 3.8) is 0 Å². The van der Waals surface area contributed by atoms with E-state index in [1.165, 1.54) is 0 Å². The molecule has 1 saturated carbocycles. The maximum atomic E-state index is 12.3. The molecule has 2 aromatic rings. The first-order valence-electron chi connectivity index (χ1n) is 9.60. The average Bonchev–Trinajstić information content (AvgIpc) is 2.66. The lowest BCUT2D eigenvalue weighted by molar-refractivity contribution is 0.0324. The first-order valence-corrected chi connectivity index (χ1v) is 11.8. The van der Waals surface area contributed by atoms with E-state index < -0.39 is 16.5 Å². The lowest BCUT2D eigenvalue weighted by Gasteiger charge is -2.36. The van der Waals surface area contributed by atoms with Gasteiger partial charge in [0.1, 0.15) is 12.7 Å². The molecule has 0 bridgehead atoms. The van der Waals surface area contributed by atoms with Gasteiger partial charge in [-0.15, -0.1) is 9.05 Å². The van der Waals surface area contributed by atoms with E-state index in [0.717, 1.165) is 12.8 Å². The molecule has 1 aliphatic rings. The van der Waals surface area contributed by atoms with Crippen molar-refractivity contribution in [2.24, 2.45) is 11.3 Å². The van der Waals surface area contributed by atoms with Gasteiger partial charge < -0.3 is 0 Å². The van der Waals surface area contributed by atoms with Gasteiger partial charge in [-0.1, -0.05) is 50.2 Å². The smallest absolute Gasteiger partial charge is 0.229 e. The Morgan fingerprint density at radius 1 is 0.862 bits per heavy atom. The number of para-hydroxylation sites is 2. The minimum Gasteiger partial charge on any atom is -0.229 e. The molecule has 4 unspecified atom stereocenters. The topological polar surface area (TPSA) is 71.1 Å². The SMILES string of the molecule is CC1(C)CC(CO[P+](=O)Oc2ccccc2)CC(O[P+](=O)Oc2ccccc2)C1. The molecular formula is C21H26O6P2+2. The third-order valence-electron chi connectivity index (χ3n) is 4.71. The van der Waals surface area contributed by atoms with Crippen LogP contribution in [0.5, 0.6) is 11.5 Å². The molecule has 0 saturated heterocycles. The van der Waals surface area contributed by atoms with Crippen LogP contribution in [0.25, 0.3) is 0 Å². The van der Waals surface area contributed by atoms with Crippen LogP contribution in [0.3, 0.4) is 0 Å². The molecule has 154 valence electrons. The molecule has 4 atom stereocenters. The second-order valence-corrected chi connectivity index (χ2v) is 9.68. The Kier molecular flexibility index (Phi) is 7.74. The summed E-state index contributed by atoms with van der Waals surface area (Å²) in [6.07, 6.45) is 2.12. The highest BCUT2D eigenvalue weighted by Gasteiger charge is 2.41. The van der Waals surface area contributed by atoms with Crippen LogP contribution in [0, 0.1) is 11.3 Å². The van der Waals surface area contributed by atoms with Crippen LogP contribution in [0.2, 0.25) is 0 Å². The Labute approximate surface area is 173 Å². The zero-order chi connectivity index (χ0) is 20.7. The van der Waals surface area contributed by atoms with Crippen LogP contribution in [0.15, 0.2) is 60.7 Å². The quantitative estimate of drug-likeness (QED) is 0.408. The van der Waals surface area contributed by atoms with Crippen LogP contribution in [0.4, 0.5) is 0 Å². The fourth-order valence-corrected chi connectivity index (χ4v) is 5.12. The van der Waals surface area contributed by atoms with Crippen molar-refractivity contribution in [3.8, 4) is 11.5 Å². The zero-order valence-corrected chi connectivity index (χ0v) is 18.4. The van der Waals surface area contributed by atoms with Gasteiger partial charge in [0.05, 0.1) is 0 Å². The Morgan fingerprint density at radius 2 is 1.41 bits per heavy atom. The Balaban J connectivity index is 1.49. The highest BCUT2D eigenvalue weighted by molar-refractivity contribution is 7.34. The molecule has 0 aromatic heterocycles. The summed E-state index contributed by atoms with van der Waals surface area (Å²) in [5, 5.41) is 0. The zero-order valence-electron chi connectivity index (χ0n) is 16.6. The molecule has 0 radical (unpaired) electrons. The fraction of sp³-hybridized carbons (Fsp3) is 0.429. The molecule has 1 fully saturated rings. The monoisotopic (exact) mass is 436 g/mol. The van der Waals surface area contributed by atoms with Gasteiger partial charge in [-0.25, -0.2) is 9.05 Å². The molecule has 0 amide bonds. The van der Waals surface area contributed by atoms with Crippen LogP contribution in [-0.2, 0) is 18.2 Å². The van der Waals surface area contributed by atoms with Gasteiger partial charge in [0.15, 0.2) is 11.5 Å². The van der Waals surface area contributed by atoms with Gasteiger partial charge >= 0.3 is 16.5 Å². The number of hydrogen-bond donors (Lipinski definition) is 0. The van der Waals surface area contributed by atoms with Crippen molar-refractivity contribution in [2.45, 2.75) is 39.2 Å². The minimum absolute atomic E-state index is 0.00814. The second kappa shape index (κ2) is 10.3. The van der Waals surface area contributed by atoms with E-state index in [9.17, 15) is 9.13 Å². The summed E-state index contributed by atoms with van der Waals surface area (Å²) in [5.41, 5.74) is -0.00814. The van der Waals surface area contributed by atoms with Crippen LogP contribution >= 0.6 is 16.5 Å². The molecule has 0 aliphatic heterocycles. The largest absolute Gasteiger partial charge is 0.750 e. The second-order valence-electron chi connectivity index (χ2n) is 7.95. The molecule has 0 N–H and O–H groups in total. The lowest BCUT2D eigenvalue weighted by Crippen LogP contribution is -2.34. The minimum atomic E-state index is -2.27. The Hall–Kier alpha value is -1.84. The lowest BCUT2D eigenvalue weighted by atomic mass is 9.71. The molecule has 0 heterocycles. The van der Waals surface area contributed by atoms with E-state index in [1.807, 2.05) is 36.4 Å². The third kappa shape index (κ3) is 7.49. The van der Waals surface area contributed by atoms with Crippen molar-refractivity contribution < 1.29 is 27.2 Å². The van der Waals surface area contributed by atoms with Crippen molar-refractivity contribution in [1.29, 1.82) is 0 Å². The van der Waals surface area contributed by atoms with Gasteiger partial charge in [-0.2, -0.15) is 0 Å². The Bertz CT molecular complexity index is 812. The summed E-state index contributed by atoms with van der Waals surface area (Å²) in [6.45, 7) is 4.57. The molecule has 29 heavy (non-hydrogen) atoms. The molecule has 6 nitrogen and oxygen atoms in total. The maximum absolute atomic E-state index is 12.3. The van der Waals surface area contributed by atoms with Crippen molar-refractivity contribution in [3.05, 3.63) is 60.7 Å². The Morgan fingerprint density at radius 3 is 2.00 bits per heavy atom. The van der Waals surface area contributed by atoms with Crippen LogP contribution < -0.4 is 9.05 Å². The average molecular weight is 436 g/mol. The van der Waals surface area contributed by atoms with E-state index in [2.05, 4.69) is 13.8 Å². The first-order chi connectivity index (χ1) is 13.9. The van der Waals surface area contributed by atoms with E-state index in [4.69, 9.17) is 18.1 Å². The van der Waals surface area contributed by atoms with E-state index in [0.29, 0.717) is 24.5 Å². The predicted octanol–water partition coefficient (Wildman–Crippen LogP) is 6.69. The number of benzene rings is 2. The van der Waals surface area contributed by atoms with Gasteiger partial charge in [-0.3, -0.25) is 0 Å². The van der Waals surface area contributed by atoms with Crippen LogP contribution in [-0.4, -0.2) is 12.7 Å². The van der Waals surface area contributed by atoms with E-state index in [1.54, 1.807) is 24.3 Å². The van der Waals surface area contributed by atoms with Crippen molar-refractivity contribution >= 4 is 16.5 Å². The molecule has 0 spiro atoms. The molecular weight excluding hydrogens is 410 g/mol. The highest BCUT2D eigenvalue weighted by atomic mass is 31.1. The van der Waals surface area contributed by atoms with E-state index in [-0.39, 0.29) is 17.4 Å². The van der Waals surface area contributed by atoms with E-state index >= 15 is 0 Å². The first kappa shape index (κ1) is 21.9. The summed E-state index contributed by atoms with van der Waals surface area (Å²) in [5.74, 6) is 1.15. The molecule has 3 rings (SSSR count). The summed E-state index contributed by atoms with van der Waals surface area (Å²) in [6, 6.07) is 17.9. The van der Waals surface area contributed by atoms with Gasteiger partial charge in [0, 0.05) is 9.13 Å². The van der Waals surface area contributed by atoms with Crippen LogP contribution in [0.1, 0.15) is 33.1 Å². The molecule has 2 aromatic carbocycles. The summed E-state index contributed by atoms with van der Waals surface area (Å²) in [7, 11) is -4.52. The van der Waals surface area contributed by atoms with Gasteiger partial charge in [0.2, 0.25) is 0 Å². The number of rotatable bonds is 9. The molecule has 8 heteroatoms. The molecule has 1 aliphatic carbocycles. The summed E-state index contributed by atoms with van der Waals surface area (Å²) >= 11 is 0. The normalized spacial score (nSPS) is 21.9. The van der Waals surface area contributed by atoms with Gasteiger partial charge in [-0.05, 0) is 54.9 Å².